The number of nitrogens with zero attached hydrogens (tertiary/aromatic N) is 2. The molecule has 2 atom stereocenters. The summed E-state index contributed by atoms with van der Waals surface area (Å²) in [5.74, 6) is 3.05. The summed E-state index contributed by atoms with van der Waals surface area (Å²) < 4.78 is 16.0. The molecule has 4 rings (SSSR count). The van der Waals surface area contributed by atoms with Crippen LogP contribution in [-0.4, -0.2) is 49.3 Å². The summed E-state index contributed by atoms with van der Waals surface area (Å²) in [6.45, 7) is 4.64. The number of hydrogen-bond acceptors (Lipinski definition) is 6. The Morgan fingerprint density at radius 3 is 2.54 bits per heavy atom. The number of amides is 1. The summed E-state index contributed by atoms with van der Waals surface area (Å²) >= 11 is 0. The first-order valence-electron chi connectivity index (χ1n) is 9.77. The van der Waals surface area contributed by atoms with Gasteiger partial charge >= 0.3 is 0 Å². The molecule has 1 aliphatic carbocycles. The second-order valence-electron chi connectivity index (χ2n) is 7.86. The molecule has 0 spiro atoms. The maximum absolute atomic E-state index is 12.5. The summed E-state index contributed by atoms with van der Waals surface area (Å²) in [5, 5.41) is 7.07. The number of carbonyl (C=O) groups excluding carboxylic acids is 1. The molecule has 2 heterocycles. The van der Waals surface area contributed by atoms with Crippen LogP contribution in [0.1, 0.15) is 47.5 Å². The van der Waals surface area contributed by atoms with Gasteiger partial charge in [-0.05, 0) is 36.5 Å². The van der Waals surface area contributed by atoms with E-state index in [1.807, 2.05) is 18.2 Å². The molecule has 7 heteroatoms. The van der Waals surface area contributed by atoms with Gasteiger partial charge in [0.15, 0.2) is 5.69 Å². The lowest BCUT2D eigenvalue weighted by atomic mass is 10.1. The monoisotopic (exact) mass is 385 g/mol. The SMILES string of the molecule is COc1cc(CN2C[C@@H](C)[C@H](NC(=O)c3cc(C4CC4)on3)C2)cc(OC)c1. The first-order chi connectivity index (χ1) is 13.6. The third-order valence-electron chi connectivity index (χ3n) is 5.56. The average Bonchev–Trinajstić information content (AvgIpc) is 3.32. The molecule has 2 fully saturated rings. The Bertz CT molecular complexity index is 824. The highest BCUT2D eigenvalue weighted by Gasteiger charge is 2.33. The summed E-state index contributed by atoms with van der Waals surface area (Å²) in [6.07, 6.45) is 2.25. The van der Waals surface area contributed by atoms with Gasteiger partial charge < -0.3 is 19.3 Å². The van der Waals surface area contributed by atoms with Crippen LogP contribution in [0.25, 0.3) is 0 Å². The van der Waals surface area contributed by atoms with Crippen LogP contribution in [0.5, 0.6) is 11.5 Å². The minimum Gasteiger partial charge on any atom is -0.497 e. The zero-order valence-corrected chi connectivity index (χ0v) is 16.6. The number of aromatic nitrogens is 1. The third kappa shape index (κ3) is 4.14. The molecular weight excluding hydrogens is 358 g/mol. The minimum absolute atomic E-state index is 0.0843. The van der Waals surface area contributed by atoms with Crippen molar-refractivity contribution in [2.24, 2.45) is 5.92 Å². The molecule has 1 aromatic heterocycles. The number of ether oxygens (including phenoxy) is 2. The lowest BCUT2D eigenvalue weighted by molar-refractivity contribution is 0.0922. The van der Waals surface area contributed by atoms with Crippen molar-refractivity contribution in [1.29, 1.82) is 0 Å². The number of methoxy groups -OCH3 is 2. The van der Waals surface area contributed by atoms with E-state index in [1.54, 1.807) is 20.3 Å². The second-order valence-corrected chi connectivity index (χ2v) is 7.86. The fourth-order valence-electron chi connectivity index (χ4n) is 3.80. The summed E-state index contributed by atoms with van der Waals surface area (Å²) in [6, 6.07) is 7.78. The average molecular weight is 385 g/mol. The summed E-state index contributed by atoms with van der Waals surface area (Å²) in [4.78, 5) is 14.9. The molecule has 1 amide bonds. The van der Waals surface area contributed by atoms with E-state index in [0.717, 1.165) is 55.3 Å². The Labute approximate surface area is 165 Å². The first kappa shape index (κ1) is 18.8. The Morgan fingerprint density at radius 2 is 1.89 bits per heavy atom. The quantitative estimate of drug-likeness (QED) is 0.790. The predicted octanol–water partition coefficient (Wildman–Crippen LogP) is 2.82. The summed E-state index contributed by atoms with van der Waals surface area (Å²) in [5.41, 5.74) is 1.51. The van der Waals surface area contributed by atoms with Gasteiger partial charge in [0.25, 0.3) is 5.91 Å². The van der Waals surface area contributed by atoms with Crippen LogP contribution in [0.4, 0.5) is 0 Å². The highest BCUT2D eigenvalue weighted by atomic mass is 16.5. The second kappa shape index (κ2) is 7.83. The van der Waals surface area contributed by atoms with Crippen LogP contribution in [-0.2, 0) is 6.54 Å². The fraction of sp³-hybridized carbons (Fsp3) is 0.524. The van der Waals surface area contributed by atoms with E-state index in [2.05, 4.69) is 22.3 Å². The van der Waals surface area contributed by atoms with E-state index in [1.165, 1.54) is 0 Å². The van der Waals surface area contributed by atoms with E-state index in [4.69, 9.17) is 14.0 Å². The van der Waals surface area contributed by atoms with E-state index < -0.39 is 0 Å². The maximum Gasteiger partial charge on any atom is 0.273 e. The van der Waals surface area contributed by atoms with E-state index >= 15 is 0 Å². The molecule has 1 saturated heterocycles. The molecule has 0 bridgehead atoms. The van der Waals surface area contributed by atoms with Gasteiger partial charge in [0, 0.05) is 43.7 Å². The third-order valence-corrected chi connectivity index (χ3v) is 5.56. The number of rotatable bonds is 7. The molecule has 2 aliphatic rings. The molecule has 1 aliphatic heterocycles. The molecule has 0 unspecified atom stereocenters. The molecule has 150 valence electrons. The molecule has 2 aromatic rings. The van der Waals surface area contributed by atoms with Gasteiger partial charge in [0.05, 0.1) is 14.2 Å². The maximum atomic E-state index is 12.5. The van der Waals surface area contributed by atoms with Gasteiger partial charge in [-0.3, -0.25) is 9.69 Å². The van der Waals surface area contributed by atoms with Gasteiger partial charge in [0.1, 0.15) is 17.3 Å². The van der Waals surface area contributed by atoms with Crippen LogP contribution in [0.3, 0.4) is 0 Å². The van der Waals surface area contributed by atoms with Gasteiger partial charge in [0.2, 0.25) is 0 Å². The standard InChI is InChI=1S/C21H27N3O4/c1-13-10-24(11-14-6-16(26-2)8-17(7-14)27-3)12-19(13)22-21(25)18-9-20(28-23-18)15-4-5-15/h6-9,13,15,19H,4-5,10-12H2,1-3H3,(H,22,25)/t13-,19-/m1/s1. The normalized spacial score (nSPS) is 22.2. The van der Waals surface area contributed by atoms with Gasteiger partial charge in [-0.2, -0.15) is 0 Å². The summed E-state index contributed by atoms with van der Waals surface area (Å²) in [7, 11) is 3.31. The lowest BCUT2D eigenvalue weighted by Gasteiger charge is -2.17. The highest BCUT2D eigenvalue weighted by molar-refractivity contribution is 5.92. The van der Waals surface area contributed by atoms with Crippen molar-refractivity contribution < 1.29 is 18.8 Å². The van der Waals surface area contributed by atoms with Crippen LogP contribution >= 0.6 is 0 Å². The Kier molecular flexibility index (Phi) is 5.26. The van der Waals surface area contributed by atoms with Crippen molar-refractivity contribution in [2.45, 2.75) is 38.3 Å². The molecule has 7 nitrogen and oxygen atoms in total. The van der Waals surface area contributed by atoms with E-state index in [9.17, 15) is 4.79 Å². The number of benzene rings is 1. The van der Waals surface area contributed by atoms with E-state index in [-0.39, 0.29) is 11.9 Å². The number of carbonyl (C=O) groups is 1. The van der Waals surface area contributed by atoms with Gasteiger partial charge in [-0.25, -0.2) is 0 Å². The van der Waals surface area contributed by atoms with Crippen molar-refractivity contribution in [2.75, 3.05) is 27.3 Å². The number of hydrogen-bond donors (Lipinski definition) is 1. The zero-order valence-electron chi connectivity index (χ0n) is 16.6. The van der Waals surface area contributed by atoms with Crippen molar-refractivity contribution in [3.05, 3.63) is 41.3 Å². The zero-order chi connectivity index (χ0) is 19.7. The van der Waals surface area contributed by atoms with Crippen molar-refractivity contribution in [3.8, 4) is 11.5 Å². The van der Waals surface area contributed by atoms with Crippen molar-refractivity contribution in [3.63, 3.8) is 0 Å². The Hall–Kier alpha value is -2.54. The van der Waals surface area contributed by atoms with Gasteiger partial charge in [-0.1, -0.05) is 12.1 Å². The highest BCUT2D eigenvalue weighted by Crippen LogP contribution is 2.40. The topological polar surface area (TPSA) is 76.8 Å². The van der Waals surface area contributed by atoms with Crippen LogP contribution in [0.2, 0.25) is 0 Å². The van der Waals surface area contributed by atoms with Crippen molar-refractivity contribution >= 4 is 5.91 Å². The number of likely N-dealkylation sites (tertiary alicyclic amines) is 1. The van der Waals surface area contributed by atoms with Crippen molar-refractivity contribution in [1.82, 2.24) is 15.4 Å². The lowest BCUT2D eigenvalue weighted by Crippen LogP contribution is -2.39. The Morgan fingerprint density at radius 1 is 1.18 bits per heavy atom. The van der Waals surface area contributed by atoms with Gasteiger partial charge in [-0.15, -0.1) is 0 Å². The molecule has 1 N–H and O–H groups in total. The minimum atomic E-state index is -0.155. The molecular formula is C21H27N3O4. The molecule has 1 aromatic carbocycles. The largest absolute Gasteiger partial charge is 0.497 e. The first-order valence-corrected chi connectivity index (χ1v) is 9.77. The molecule has 1 saturated carbocycles. The van der Waals surface area contributed by atoms with E-state index in [0.29, 0.717) is 17.5 Å². The fourth-order valence-corrected chi connectivity index (χ4v) is 3.80. The molecule has 28 heavy (non-hydrogen) atoms. The predicted molar refractivity (Wildman–Crippen MR) is 104 cm³/mol. The van der Waals surface area contributed by atoms with Crippen LogP contribution < -0.4 is 14.8 Å². The molecule has 0 radical (unpaired) electrons. The number of nitrogens with one attached hydrogen (secondary N) is 1. The van der Waals surface area contributed by atoms with Crippen LogP contribution in [0, 0.1) is 5.92 Å². The smallest absolute Gasteiger partial charge is 0.273 e. The Balaban J connectivity index is 1.36. The van der Waals surface area contributed by atoms with Crippen LogP contribution in [0.15, 0.2) is 28.8 Å².